The second-order valence-electron chi connectivity index (χ2n) is 5.01. The number of allylic oxidation sites excluding steroid dienone is 3. The quantitative estimate of drug-likeness (QED) is 0.491. The normalized spacial score (nSPS) is 10.9. The average Bonchev–Trinajstić information content (AvgIpc) is 2.62. The van der Waals surface area contributed by atoms with E-state index in [1.165, 1.54) is 48.5 Å². The molecule has 0 radical (unpaired) electrons. The van der Waals surface area contributed by atoms with Crippen molar-refractivity contribution < 1.29 is 24.2 Å². The molecule has 0 atom stereocenters. The lowest BCUT2D eigenvalue weighted by Crippen LogP contribution is -2.09. The predicted octanol–water partition coefficient (Wildman–Crippen LogP) is 3.90. The van der Waals surface area contributed by atoms with Crippen LogP contribution in [0.2, 0.25) is 0 Å². The maximum atomic E-state index is 12.0. The van der Waals surface area contributed by atoms with Gasteiger partial charge in [0.25, 0.3) is 0 Å². The van der Waals surface area contributed by atoms with Crippen LogP contribution < -0.4 is 4.74 Å². The minimum atomic E-state index is -0.551. The smallest absolute Gasteiger partial charge is 0.343 e. The number of rotatable bonds is 6. The van der Waals surface area contributed by atoms with Crippen LogP contribution in [0.25, 0.3) is 0 Å². The highest BCUT2D eigenvalue weighted by Crippen LogP contribution is 2.16. The molecule has 2 aromatic rings. The zero-order chi connectivity index (χ0) is 18.1. The van der Waals surface area contributed by atoms with Crippen molar-refractivity contribution in [1.82, 2.24) is 0 Å². The third-order valence-electron chi connectivity index (χ3n) is 3.15. The Morgan fingerprint density at radius 1 is 0.920 bits per heavy atom. The van der Waals surface area contributed by atoms with Crippen LogP contribution in [0.4, 0.5) is 0 Å². The van der Waals surface area contributed by atoms with Crippen molar-refractivity contribution >= 4 is 11.9 Å². The van der Waals surface area contributed by atoms with Crippen LogP contribution >= 0.6 is 0 Å². The molecule has 1 N–H and O–H groups in total. The second-order valence-corrected chi connectivity index (χ2v) is 5.01. The lowest BCUT2D eigenvalue weighted by molar-refractivity contribution is 0.0549. The van der Waals surface area contributed by atoms with Crippen LogP contribution in [0.5, 0.6) is 11.5 Å². The molecule has 0 saturated carbocycles. The van der Waals surface area contributed by atoms with Gasteiger partial charge in [0.05, 0.1) is 11.1 Å². The Labute approximate surface area is 145 Å². The molecule has 0 aliphatic rings. The van der Waals surface area contributed by atoms with Gasteiger partial charge in [-0.2, -0.15) is 0 Å². The third kappa shape index (κ3) is 5.66. The first-order valence-corrected chi connectivity index (χ1v) is 7.66. The molecule has 5 nitrogen and oxygen atoms in total. The first-order chi connectivity index (χ1) is 12.1. The highest BCUT2D eigenvalue weighted by molar-refractivity contribution is 5.92. The number of aromatic hydroxyl groups is 1. The third-order valence-corrected chi connectivity index (χ3v) is 3.15. The summed E-state index contributed by atoms with van der Waals surface area (Å²) < 4.78 is 10.3. The first-order valence-electron chi connectivity index (χ1n) is 7.66. The maximum Gasteiger partial charge on any atom is 0.343 e. The fourth-order valence-corrected chi connectivity index (χ4v) is 1.87. The zero-order valence-electron chi connectivity index (χ0n) is 13.7. The SMILES string of the molecule is CC=CC=CCOC(=O)c1ccc(OC(=O)c2ccc(O)cc2)cc1. The monoisotopic (exact) mass is 338 g/mol. The molecule has 0 saturated heterocycles. The standard InChI is InChI=1S/C20H18O5/c1-2-3-4-5-14-24-19(22)15-8-12-18(13-9-15)25-20(23)16-6-10-17(21)11-7-16/h2-13,21H,14H2,1H3. The molecule has 0 aliphatic carbocycles. The number of hydrogen-bond donors (Lipinski definition) is 1. The fraction of sp³-hybridized carbons (Fsp3) is 0.100. The summed E-state index contributed by atoms with van der Waals surface area (Å²) in [6.07, 6.45) is 7.23. The summed E-state index contributed by atoms with van der Waals surface area (Å²) in [4.78, 5) is 23.8. The van der Waals surface area contributed by atoms with Crippen LogP contribution in [0.1, 0.15) is 27.6 Å². The molecule has 0 bridgehead atoms. The van der Waals surface area contributed by atoms with Crippen molar-refractivity contribution in [3.8, 4) is 11.5 Å². The van der Waals surface area contributed by atoms with E-state index in [1.54, 1.807) is 12.2 Å². The van der Waals surface area contributed by atoms with E-state index in [9.17, 15) is 14.7 Å². The summed E-state index contributed by atoms with van der Waals surface area (Å²) in [7, 11) is 0. The van der Waals surface area contributed by atoms with Crippen LogP contribution in [-0.4, -0.2) is 23.7 Å². The van der Waals surface area contributed by atoms with E-state index in [2.05, 4.69) is 0 Å². The molecule has 0 fully saturated rings. The minimum absolute atomic E-state index is 0.0694. The lowest BCUT2D eigenvalue weighted by Gasteiger charge is -2.06. The van der Waals surface area contributed by atoms with Gasteiger partial charge in [-0.05, 0) is 61.5 Å². The van der Waals surface area contributed by atoms with Gasteiger partial charge in [-0.3, -0.25) is 0 Å². The molecule has 0 aromatic heterocycles. The molecule has 0 unspecified atom stereocenters. The summed E-state index contributed by atoms with van der Waals surface area (Å²) in [5.74, 6) is -0.631. The molecule has 128 valence electrons. The summed E-state index contributed by atoms with van der Waals surface area (Å²) in [5.41, 5.74) is 0.679. The summed E-state index contributed by atoms with van der Waals surface area (Å²) in [6, 6.07) is 11.8. The molecule has 5 heteroatoms. The summed E-state index contributed by atoms with van der Waals surface area (Å²) in [5, 5.41) is 9.21. The molecular formula is C20H18O5. The van der Waals surface area contributed by atoms with Crippen molar-refractivity contribution in [2.45, 2.75) is 6.92 Å². The number of esters is 2. The van der Waals surface area contributed by atoms with Crippen LogP contribution in [-0.2, 0) is 4.74 Å². The van der Waals surface area contributed by atoms with Gasteiger partial charge in [-0.1, -0.05) is 18.2 Å². The van der Waals surface area contributed by atoms with E-state index in [4.69, 9.17) is 9.47 Å². The summed E-state index contributed by atoms with van der Waals surface area (Å²) in [6.45, 7) is 2.08. The largest absolute Gasteiger partial charge is 0.508 e. The molecular weight excluding hydrogens is 320 g/mol. The van der Waals surface area contributed by atoms with E-state index in [0.29, 0.717) is 16.9 Å². The maximum absolute atomic E-state index is 12.0. The Morgan fingerprint density at radius 2 is 1.52 bits per heavy atom. The van der Waals surface area contributed by atoms with E-state index < -0.39 is 11.9 Å². The molecule has 0 amide bonds. The highest BCUT2D eigenvalue weighted by atomic mass is 16.5. The number of phenols is 1. The van der Waals surface area contributed by atoms with Gasteiger partial charge in [0.1, 0.15) is 18.1 Å². The lowest BCUT2D eigenvalue weighted by atomic mass is 10.2. The zero-order valence-corrected chi connectivity index (χ0v) is 13.7. The first kappa shape index (κ1) is 18.0. The van der Waals surface area contributed by atoms with Gasteiger partial charge in [-0.15, -0.1) is 0 Å². The van der Waals surface area contributed by atoms with Crippen LogP contribution in [0, 0.1) is 0 Å². The number of benzene rings is 2. The Kier molecular flexibility index (Phi) is 6.54. The van der Waals surface area contributed by atoms with Gasteiger partial charge < -0.3 is 14.6 Å². The van der Waals surface area contributed by atoms with Crippen molar-refractivity contribution in [2.24, 2.45) is 0 Å². The Hall–Kier alpha value is -3.34. The molecule has 2 aromatic carbocycles. The number of carbonyl (C=O) groups excluding carboxylic acids is 2. The summed E-state index contributed by atoms with van der Waals surface area (Å²) >= 11 is 0. The van der Waals surface area contributed by atoms with Crippen molar-refractivity contribution in [1.29, 1.82) is 0 Å². The average molecular weight is 338 g/mol. The van der Waals surface area contributed by atoms with Crippen molar-refractivity contribution in [3.63, 3.8) is 0 Å². The Balaban J connectivity index is 1.91. The minimum Gasteiger partial charge on any atom is -0.508 e. The van der Waals surface area contributed by atoms with E-state index >= 15 is 0 Å². The Bertz CT molecular complexity index is 771. The molecule has 0 heterocycles. The predicted molar refractivity (Wildman–Crippen MR) is 93.7 cm³/mol. The number of ether oxygens (including phenoxy) is 2. The van der Waals surface area contributed by atoms with Gasteiger partial charge >= 0.3 is 11.9 Å². The van der Waals surface area contributed by atoms with Gasteiger partial charge in [-0.25, -0.2) is 9.59 Å². The number of carbonyl (C=O) groups is 2. The molecule has 0 spiro atoms. The molecule has 2 rings (SSSR count). The molecule has 25 heavy (non-hydrogen) atoms. The highest BCUT2D eigenvalue weighted by Gasteiger charge is 2.10. The number of phenolic OH excluding ortho intramolecular Hbond substituents is 1. The second kappa shape index (κ2) is 9.08. The topological polar surface area (TPSA) is 72.8 Å². The number of hydrogen-bond acceptors (Lipinski definition) is 5. The van der Waals surface area contributed by atoms with E-state index in [0.717, 1.165) is 0 Å². The Morgan fingerprint density at radius 3 is 2.16 bits per heavy atom. The van der Waals surface area contributed by atoms with E-state index in [1.807, 2.05) is 19.1 Å². The van der Waals surface area contributed by atoms with Gasteiger partial charge in [0.15, 0.2) is 0 Å². The van der Waals surface area contributed by atoms with Crippen molar-refractivity contribution in [3.05, 3.63) is 84.0 Å². The van der Waals surface area contributed by atoms with E-state index in [-0.39, 0.29) is 12.4 Å². The van der Waals surface area contributed by atoms with Crippen LogP contribution in [0.15, 0.2) is 72.8 Å². The van der Waals surface area contributed by atoms with Gasteiger partial charge in [0, 0.05) is 0 Å². The van der Waals surface area contributed by atoms with Gasteiger partial charge in [0.2, 0.25) is 0 Å². The van der Waals surface area contributed by atoms with Crippen LogP contribution in [0.3, 0.4) is 0 Å². The fourth-order valence-electron chi connectivity index (χ4n) is 1.87. The van der Waals surface area contributed by atoms with Crippen molar-refractivity contribution in [2.75, 3.05) is 6.61 Å². The molecule has 0 aliphatic heterocycles.